The van der Waals surface area contributed by atoms with Crippen LogP contribution in [0.4, 0.5) is 0 Å². The summed E-state index contributed by atoms with van der Waals surface area (Å²) in [6.07, 6.45) is 1.29. The van der Waals surface area contributed by atoms with Crippen LogP contribution in [0.25, 0.3) is 0 Å². The van der Waals surface area contributed by atoms with Crippen LogP contribution < -0.4 is 0 Å². The Hall–Kier alpha value is -2.01. The Balaban J connectivity index is 1.87. The van der Waals surface area contributed by atoms with Crippen LogP contribution in [0, 0.1) is 11.3 Å². The number of rotatable bonds is 8. The number of sulfone groups is 1. The summed E-state index contributed by atoms with van der Waals surface area (Å²) in [5, 5.41) is 21.2. The van der Waals surface area contributed by atoms with E-state index in [-0.39, 0.29) is 28.2 Å². The fourth-order valence-corrected chi connectivity index (χ4v) is 6.29. The third-order valence-electron chi connectivity index (χ3n) is 5.56. The van der Waals surface area contributed by atoms with Gasteiger partial charge in [-0.15, -0.1) is 11.3 Å². The molecule has 0 spiro atoms. The quantitative estimate of drug-likeness (QED) is 0.648. The van der Waals surface area contributed by atoms with E-state index in [0.717, 1.165) is 28.0 Å². The Labute approximate surface area is 182 Å². The average molecular weight is 446 g/mol. The molecule has 7 heteroatoms. The van der Waals surface area contributed by atoms with Gasteiger partial charge in [0.25, 0.3) is 0 Å². The molecule has 3 rings (SSSR count). The number of thiophene rings is 1. The van der Waals surface area contributed by atoms with Gasteiger partial charge >= 0.3 is 0 Å². The summed E-state index contributed by atoms with van der Waals surface area (Å²) in [7, 11) is -3.76. The van der Waals surface area contributed by atoms with Gasteiger partial charge in [0.05, 0.1) is 17.2 Å². The zero-order valence-corrected chi connectivity index (χ0v) is 19.4. The van der Waals surface area contributed by atoms with Crippen molar-refractivity contribution in [2.75, 3.05) is 5.75 Å². The smallest absolute Gasteiger partial charge is 0.194 e. The standard InChI is InChI=1S/C23H27NO4S2/c1-14(2)19-7-16(11-24)8-20(15(3)4)21(19)10-18(25)13-30(27,28)22-9-17(12-29-22)23(26)5-6-23/h7-9,12,14-15,26H,5-6,10,13H2,1-4H3. The van der Waals surface area contributed by atoms with Gasteiger partial charge in [0.2, 0.25) is 0 Å². The maximum atomic E-state index is 12.8. The molecular weight excluding hydrogens is 418 g/mol. The highest BCUT2D eigenvalue weighted by Gasteiger charge is 2.43. The van der Waals surface area contributed by atoms with E-state index in [4.69, 9.17) is 0 Å². The molecule has 160 valence electrons. The molecule has 0 aliphatic heterocycles. The number of Topliss-reactive ketones (excluding diaryl/α,β-unsaturated/α-hetero) is 1. The molecule has 0 saturated heterocycles. The van der Waals surface area contributed by atoms with Gasteiger partial charge in [0.15, 0.2) is 15.6 Å². The minimum absolute atomic E-state index is 0.0220. The SMILES string of the molecule is CC(C)c1cc(C#N)cc(C(C)C)c1CC(=O)CS(=O)(=O)c1cc(C2(O)CC2)cs1. The number of hydrogen-bond donors (Lipinski definition) is 1. The number of carbonyl (C=O) groups excluding carboxylic acids is 1. The molecule has 0 bridgehead atoms. The fraction of sp³-hybridized carbons (Fsp3) is 0.478. The average Bonchev–Trinajstić information content (AvgIpc) is 3.19. The summed E-state index contributed by atoms with van der Waals surface area (Å²) in [4.78, 5) is 12.8. The molecule has 0 atom stereocenters. The highest BCUT2D eigenvalue weighted by Crippen LogP contribution is 2.47. The Morgan fingerprint density at radius 1 is 1.17 bits per heavy atom. The highest BCUT2D eigenvalue weighted by molar-refractivity contribution is 7.94. The molecule has 1 aliphatic rings. The van der Waals surface area contributed by atoms with Crippen LogP contribution in [0.5, 0.6) is 0 Å². The van der Waals surface area contributed by atoms with Gasteiger partial charge in [-0.25, -0.2) is 8.42 Å². The molecule has 5 nitrogen and oxygen atoms in total. The molecule has 30 heavy (non-hydrogen) atoms. The first-order valence-corrected chi connectivity index (χ1v) is 12.6. The number of nitrogens with zero attached hydrogens (tertiary/aromatic N) is 1. The second-order valence-corrected chi connectivity index (χ2v) is 11.8. The predicted molar refractivity (Wildman–Crippen MR) is 118 cm³/mol. The summed E-state index contributed by atoms with van der Waals surface area (Å²) in [5.74, 6) is -0.729. The maximum Gasteiger partial charge on any atom is 0.194 e. The van der Waals surface area contributed by atoms with Crippen LogP contribution in [0.15, 0.2) is 27.8 Å². The molecule has 0 radical (unpaired) electrons. The van der Waals surface area contributed by atoms with E-state index >= 15 is 0 Å². The number of hydrogen-bond acceptors (Lipinski definition) is 6. The summed E-state index contributed by atoms with van der Waals surface area (Å²) in [6.45, 7) is 8.00. The van der Waals surface area contributed by atoms with Gasteiger partial charge in [-0.1, -0.05) is 27.7 Å². The first kappa shape index (κ1) is 22.7. The monoisotopic (exact) mass is 445 g/mol. The van der Waals surface area contributed by atoms with Gasteiger partial charge in [-0.2, -0.15) is 5.26 Å². The highest BCUT2D eigenvalue weighted by atomic mass is 32.2. The van der Waals surface area contributed by atoms with E-state index in [0.29, 0.717) is 24.0 Å². The molecule has 1 aromatic carbocycles. The van der Waals surface area contributed by atoms with Crippen molar-refractivity contribution in [3.05, 3.63) is 51.4 Å². The molecule has 0 amide bonds. The van der Waals surface area contributed by atoms with Crippen molar-refractivity contribution in [1.82, 2.24) is 0 Å². The van der Waals surface area contributed by atoms with E-state index in [2.05, 4.69) is 6.07 Å². The molecule has 1 fully saturated rings. The third-order valence-corrected chi connectivity index (χ3v) is 8.77. The van der Waals surface area contributed by atoms with E-state index in [1.807, 2.05) is 27.7 Å². The van der Waals surface area contributed by atoms with Gasteiger partial charge in [0.1, 0.15) is 9.96 Å². The van der Waals surface area contributed by atoms with Crippen molar-refractivity contribution in [3.63, 3.8) is 0 Å². The number of aliphatic hydroxyl groups is 1. The van der Waals surface area contributed by atoms with Crippen LogP contribution in [0.1, 0.15) is 80.2 Å². The molecule has 2 aromatic rings. The molecule has 1 aromatic heterocycles. The van der Waals surface area contributed by atoms with E-state index in [1.54, 1.807) is 17.5 Å². The molecule has 1 aliphatic carbocycles. The second-order valence-electron chi connectivity index (χ2n) is 8.71. The minimum atomic E-state index is -3.76. The normalized spacial score (nSPS) is 15.4. The zero-order valence-electron chi connectivity index (χ0n) is 17.7. The third kappa shape index (κ3) is 4.66. The summed E-state index contributed by atoms with van der Waals surface area (Å²) in [5.41, 5.74) is 2.94. The molecular formula is C23H27NO4S2. The Kier molecular flexibility index (Phi) is 6.24. The first-order chi connectivity index (χ1) is 14.0. The lowest BCUT2D eigenvalue weighted by Crippen LogP contribution is -2.19. The lowest BCUT2D eigenvalue weighted by atomic mass is 9.85. The van der Waals surface area contributed by atoms with Crippen molar-refractivity contribution in [2.45, 2.75) is 68.6 Å². The van der Waals surface area contributed by atoms with Crippen molar-refractivity contribution in [1.29, 1.82) is 5.26 Å². The maximum absolute atomic E-state index is 12.8. The van der Waals surface area contributed by atoms with E-state index in [9.17, 15) is 23.6 Å². The van der Waals surface area contributed by atoms with E-state index in [1.165, 1.54) is 6.07 Å². The predicted octanol–water partition coefficient (Wildman–Crippen LogP) is 4.43. The summed E-state index contributed by atoms with van der Waals surface area (Å²) < 4.78 is 25.7. The topological polar surface area (TPSA) is 95.2 Å². The van der Waals surface area contributed by atoms with E-state index < -0.39 is 21.2 Å². The second kappa shape index (κ2) is 8.26. The Morgan fingerprint density at radius 2 is 1.73 bits per heavy atom. The Bertz CT molecular complexity index is 1090. The van der Waals surface area contributed by atoms with Crippen molar-refractivity contribution < 1.29 is 18.3 Å². The van der Waals surface area contributed by atoms with Crippen molar-refractivity contribution >= 4 is 27.0 Å². The first-order valence-electron chi connectivity index (χ1n) is 10.1. The zero-order chi connectivity index (χ0) is 22.3. The lowest BCUT2D eigenvalue weighted by Gasteiger charge is -2.20. The molecule has 0 unspecified atom stereocenters. The van der Waals surface area contributed by atoms with Crippen LogP contribution in [-0.2, 0) is 26.7 Å². The largest absolute Gasteiger partial charge is 0.385 e. The Morgan fingerprint density at radius 3 is 2.20 bits per heavy atom. The van der Waals surface area contributed by atoms with Crippen molar-refractivity contribution in [2.24, 2.45) is 0 Å². The molecule has 1 heterocycles. The fourth-order valence-electron chi connectivity index (χ4n) is 3.68. The summed E-state index contributed by atoms with van der Waals surface area (Å²) >= 11 is 1.06. The van der Waals surface area contributed by atoms with Crippen molar-refractivity contribution in [3.8, 4) is 6.07 Å². The van der Waals surface area contributed by atoms with Gasteiger partial charge in [-0.05, 0) is 70.5 Å². The number of nitriles is 1. The summed E-state index contributed by atoms with van der Waals surface area (Å²) in [6, 6.07) is 7.28. The van der Waals surface area contributed by atoms with Gasteiger partial charge in [0, 0.05) is 6.42 Å². The minimum Gasteiger partial charge on any atom is -0.385 e. The van der Waals surface area contributed by atoms with Gasteiger partial charge in [-0.3, -0.25) is 4.79 Å². The van der Waals surface area contributed by atoms with Crippen LogP contribution in [-0.4, -0.2) is 25.1 Å². The molecule has 1 N–H and O–H groups in total. The van der Waals surface area contributed by atoms with Crippen LogP contribution in [0.2, 0.25) is 0 Å². The number of benzene rings is 1. The lowest BCUT2D eigenvalue weighted by molar-refractivity contribution is -0.116. The van der Waals surface area contributed by atoms with Crippen LogP contribution >= 0.6 is 11.3 Å². The number of ketones is 1. The number of carbonyl (C=O) groups is 1. The molecule has 1 saturated carbocycles. The van der Waals surface area contributed by atoms with Crippen LogP contribution in [0.3, 0.4) is 0 Å². The van der Waals surface area contributed by atoms with Gasteiger partial charge < -0.3 is 5.11 Å².